The van der Waals surface area contributed by atoms with Crippen molar-refractivity contribution in [1.29, 1.82) is 0 Å². The second kappa shape index (κ2) is 3.96. The van der Waals surface area contributed by atoms with Gasteiger partial charge in [0.25, 0.3) is 0 Å². The average molecular weight is 267 g/mol. The molecule has 104 valence electrons. The minimum absolute atomic E-state index is 0.0619. The molecule has 2 N–H and O–H groups in total. The van der Waals surface area contributed by atoms with Crippen molar-refractivity contribution < 1.29 is 18.4 Å². The van der Waals surface area contributed by atoms with Crippen LogP contribution in [-0.2, 0) is 16.1 Å². The molecule has 2 aliphatic rings. The van der Waals surface area contributed by atoms with Crippen molar-refractivity contribution in [2.75, 3.05) is 0 Å². The van der Waals surface area contributed by atoms with Crippen LogP contribution in [0.2, 0.25) is 0 Å². The maximum atomic E-state index is 12.0. The molecule has 0 bridgehead atoms. The Hall–Kier alpha value is -1.56. The highest BCUT2D eigenvalue weighted by atomic mass is 16.6. The minimum Gasteiger partial charge on any atom is -0.457 e. The number of fused-ring (bicyclic) bond motifs is 1. The number of hydrogen-bond acceptors (Lipinski definition) is 6. The third-order valence-corrected chi connectivity index (χ3v) is 4.40. The Morgan fingerprint density at radius 3 is 2.79 bits per heavy atom. The van der Waals surface area contributed by atoms with Crippen molar-refractivity contribution in [3.8, 4) is 0 Å². The number of aryl methyl sites for hydroxylation is 1. The van der Waals surface area contributed by atoms with E-state index in [2.05, 4.69) is 0 Å². The molecule has 0 spiro atoms. The minimum atomic E-state index is -0.777. The summed E-state index contributed by atoms with van der Waals surface area (Å²) in [6.07, 6.45) is 1.94. The monoisotopic (exact) mass is 267 g/mol. The molecule has 4 atom stereocenters. The summed E-state index contributed by atoms with van der Waals surface area (Å²) >= 11 is 0. The van der Waals surface area contributed by atoms with Gasteiger partial charge in [-0.25, -0.2) is 4.79 Å². The van der Waals surface area contributed by atoms with Crippen LogP contribution < -0.4 is 11.6 Å². The van der Waals surface area contributed by atoms with Gasteiger partial charge >= 0.3 is 11.8 Å². The Bertz CT molecular complexity index is 570. The Morgan fingerprint density at radius 2 is 2.26 bits per heavy atom. The first-order valence-electron chi connectivity index (χ1n) is 6.45. The zero-order valence-electron chi connectivity index (χ0n) is 11.0. The molecule has 0 aliphatic heterocycles. The molecule has 1 aromatic rings. The molecule has 0 amide bonds. The fraction of sp³-hybridized carbons (Fsp3) is 0.692. The van der Waals surface area contributed by atoms with Gasteiger partial charge in [0.15, 0.2) is 18.1 Å². The molecule has 1 heterocycles. The maximum Gasteiger partial charge on any atom is 0.519 e. The van der Waals surface area contributed by atoms with E-state index in [0.717, 1.165) is 12.8 Å². The van der Waals surface area contributed by atoms with Crippen LogP contribution in [0.4, 0.5) is 0 Å². The molecule has 6 nitrogen and oxygen atoms in total. The van der Waals surface area contributed by atoms with Gasteiger partial charge in [-0.1, -0.05) is 0 Å². The number of ether oxygens (including phenoxy) is 1. The lowest BCUT2D eigenvalue weighted by molar-refractivity contribution is -0.148. The van der Waals surface area contributed by atoms with Gasteiger partial charge in [0, 0.05) is 5.54 Å². The molecule has 0 unspecified atom stereocenters. The Labute approximate surface area is 109 Å². The number of carbonyl (C=O) groups excluding carboxylic acids is 1. The van der Waals surface area contributed by atoms with Gasteiger partial charge in [-0.3, -0.25) is 4.79 Å². The predicted octanol–water partition coefficient (Wildman–Crippen LogP) is 0.958. The van der Waals surface area contributed by atoms with E-state index in [4.69, 9.17) is 19.3 Å². The SMILES string of the molecule is Cc1oc(=O)oc1COC(=O)[C@H]1[C@@H]2CC[C@](C)(N)[C@@H]21. The molecule has 19 heavy (non-hydrogen) atoms. The fourth-order valence-corrected chi connectivity index (χ4v) is 3.34. The summed E-state index contributed by atoms with van der Waals surface area (Å²) < 4.78 is 14.7. The third kappa shape index (κ3) is 2.00. The first-order valence-corrected chi connectivity index (χ1v) is 6.45. The highest BCUT2D eigenvalue weighted by Gasteiger charge is 2.65. The third-order valence-electron chi connectivity index (χ3n) is 4.40. The van der Waals surface area contributed by atoms with E-state index < -0.39 is 5.82 Å². The van der Waals surface area contributed by atoms with E-state index in [0.29, 0.717) is 11.7 Å². The molecule has 2 fully saturated rings. The number of hydrogen-bond donors (Lipinski definition) is 1. The standard InChI is InChI=1S/C13H17NO5/c1-6-8(19-12(16)18-6)5-17-11(15)9-7-3-4-13(2,14)10(7)9/h7,9-10H,3-5,14H2,1-2H3/t7-,9-,10-,13-/m0/s1. The topological polar surface area (TPSA) is 95.7 Å². The van der Waals surface area contributed by atoms with Gasteiger partial charge in [0.2, 0.25) is 0 Å². The summed E-state index contributed by atoms with van der Waals surface area (Å²) in [5.74, 6) is 0.0770. The summed E-state index contributed by atoms with van der Waals surface area (Å²) in [5.41, 5.74) is 5.89. The first-order chi connectivity index (χ1) is 8.90. The summed E-state index contributed by atoms with van der Waals surface area (Å²) in [6, 6.07) is 0. The Morgan fingerprint density at radius 1 is 1.53 bits per heavy atom. The van der Waals surface area contributed by atoms with Crippen molar-refractivity contribution >= 4 is 5.97 Å². The van der Waals surface area contributed by atoms with Gasteiger partial charge in [-0.2, -0.15) is 0 Å². The lowest BCUT2D eigenvalue weighted by atomic mass is 9.94. The summed E-state index contributed by atoms with van der Waals surface area (Å²) in [5, 5.41) is 0. The van der Waals surface area contributed by atoms with Crippen molar-refractivity contribution in [2.45, 2.75) is 38.8 Å². The molecule has 2 aliphatic carbocycles. The Kier molecular flexibility index (Phi) is 2.60. The molecule has 6 heteroatoms. The van der Waals surface area contributed by atoms with E-state index >= 15 is 0 Å². The zero-order valence-corrected chi connectivity index (χ0v) is 11.0. The molecule has 0 aromatic carbocycles. The van der Waals surface area contributed by atoms with Gasteiger partial charge in [0.05, 0.1) is 5.92 Å². The number of carbonyl (C=O) groups is 1. The molecule has 0 radical (unpaired) electrons. The van der Waals surface area contributed by atoms with Crippen LogP contribution in [0.5, 0.6) is 0 Å². The molecule has 2 saturated carbocycles. The normalized spacial score (nSPS) is 36.1. The molecular weight excluding hydrogens is 250 g/mol. The number of nitrogens with two attached hydrogens (primary N) is 1. The molecule has 1 aromatic heterocycles. The van der Waals surface area contributed by atoms with Gasteiger partial charge in [-0.05, 0) is 38.5 Å². The molecule has 3 rings (SSSR count). The van der Waals surface area contributed by atoms with Gasteiger partial charge < -0.3 is 19.3 Å². The van der Waals surface area contributed by atoms with Crippen molar-refractivity contribution in [1.82, 2.24) is 0 Å². The zero-order chi connectivity index (χ0) is 13.8. The van der Waals surface area contributed by atoms with Crippen LogP contribution in [0.25, 0.3) is 0 Å². The quantitative estimate of drug-likeness (QED) is 0.819. The smallest absolute Gasteiger partial charge is 0.457 e. The summed E-state index contributed by atoms with van der Waals surface area (Å²) in [7, 11) is 0. The lowest BCUT2D eigenvalue weighted by Crippen LogP contribution is -2.38. The number of esters is 1. The highest BCUT2D eigenvalue weighted by molar-refractivity contribution is 5.77. The first kappa shape index (κ1) is 12.5. The van der Waals surface area contributed by atoms with Crippen LogP contribution in [-0.4, -0.2) is 11.5 Å². The summed E-state index contributed by atoms with van der Waals surface area (Å²) in [6.45, 7) is 3.52. The average Bonchev–Trinajstić information content (AvgIpc) is 2.88. The molecule has 0 saturated heterocycles. The summed E-state index contributed by atoms with van der Waals surface area (Å²) in [4.78, 5) is 22.8. The van der Waals surface area contributed by atoms with Gasteiger partial charge in [0.1, 0.15) is 0 Å². The van der Waals surface area contributed by atoms with E-state index in [-0.39, 0.29) is 35.7 Å². The van der Waals surface area contributed by atoms with Crippen LogP contribution in [0.3, 0.4) is 0 Å². The Balaban J connectivity index is 1.59. The van der Waals surface area contributed by atoms with E-state index in [1.54, 1.807) is 6.92 Å². The maximum absolute atomic E-state index is 12.0. The predicted molar refractivity (Wildman–Crippen MR) is 64.1 cm³/mol. The van der Waals surface area contributed by atoms with Crippen LogP contribution >= 0.6 is 0 Å². The van der Waals surface area contributed by atoms with E-state index in [1.165, 1.54) is 0 Å². The lowest BCUT2D eigenvalue weighted by Gasteiger charge is -2.21. The molecular formula is C13H17NO5. The largest absolute Gasteiger partial charge is 0.519 e. The van der Waals surface area contributed by atoms with Crippen molar-refractivity contribution in [3.63, 3.8) is 0 Å². The van der Waals surface area contributed by atoms with Crippen molar-refractivity contribution in [3.05, 3.63) is 22.1 Å². The van der Waals surface area contributed by atoms with Crippen LogP contribution in [0, 0.1) is 24.7 Å². The van der Waals surface area contributed by atoms with Crippen molar-refractivity contribution in [2.24, 2.45) is 23.5 Å². The van der Waals surface area contributed by atoms with Gasteiger partial charge in [-0.15, -0.1) is 0 Å². The fourth-order valence-electron chi connectivity index (χ4n) is 3.34. The number of rotatable bonds is 3. The highest BCUT2D eigenvalue weighted by Crippen LogP contribution is 2.61. The van der Waals surface area contributed by atoms with Crippen LogP contribution in [0.15, 0.2) is 13.6 Å². The van der Waals surface area contributed by atoms with Crippen LogP contribution in [0.1, 0.15) is 31.3 Å². The second-order valence-electron chi connectivity index (χ2n) is 5.80. The van der Waals surface area contributed by atoms with E-state index in [9.17, 15) is 9.59 Å². The van der Waals surface area contributed by atoms with E-state index in [1.807, 2.05) is 6.92 Å². The second-order valence-corrected chi connectivity index (χ2v) is 5.80.